The number of nitrogens with one attached hydrogen (secondary N) is 2. The molecule has 0 atom stereocenters. The molecule has 4 fully saturated rings. The van der Waals surface area contributed by atoms with Crippen molar-refractivity contribution in [1.29, 1.82) is 0 Å². The van der Waals surface area contributed by atoms with Crippen LogP contribution in [0.25, 0.3) is 0 Å². The second-order valence-electron chi connectivity index (χ2n) is 10.1. The zero-order valence-corrected chi connectivity index (χ0v) is 19.5. The van der Waals surface area contributed by atoms with E-state index in [-0.39, 0.29) is 6.42 Å². The van der Waals surface area contributed by atoms with Gasteiger partial charge in [0, 0.05) is 5.38 Å². The molecular formula is C25H31N3O4S. The monoisotopic (exact) mass is 469 g/mol. The van der Waals surface area contributed by atoms with Crippen LogP contribution >= 0.6 is 11.3 Å². The van der Waals surface area contributed by atoms with E-state index in [2.05, 4.69) is 34.6 Å². The van der Waals surface area contributed by atoms with E-state index in [1.807, 2.05) is 0 Å². The number of rotatable bonds is 8. The number of benzene rings is 1. The van der Waals surface area contributed by atoms with Crippen molar-refractivity contribution in [3.05, 3.63) is 46.5 Å². The van der Waals surface area contributed by atoms with E-state index in [1.54, 1.807) is 16.4 Å². The molecule has 0 radical (unpaired) electrons. The van der Waals surface area contributed by atoms with E-state index in [9.17, 15) is 9.59 Å². The molecule has 4 aliphatic rings. The SMILES string of the molecule is O=C(Cc1csc(NC(=O)OCCCc2ccc(C34CC5CC(CC(C5)C3)C4)cc2)n1)NO. The highest BCUT2D eigenvalue weighted by Gasteiger charge is 2.51. The predicted molar refractivity (Wildman–Crippen MR) is 125 cm³/mol. The van der Waals surface area contributed by atoms with Crippen LogP contribution in [0, 0.1) is 17.8 Å². The van der Waals surface area contributed by atoms with Crippen molar-refractivity contribution >= 4 is 28.5 Å². The van der Waals surface area contributed by atoms with Gasteiger partial charge in [0.2, 0.25) is 5.91 Å². The molecule has 8 heteroatoms. The van der Waals surface area contributed by atoms with Gasteiger partial charge in [0.1, 0.15) is 0 Å². The van der Waals surface area contributed by atoms with Crippen molar-refractivity contribution in [2.75, 3.05) is 11.9 Å². The Morgan fingerprint density at radius 1 is 1.09 bits per heavy atom. The lowest BCUT2D eigenvalue weighted by Crippen LogP contribution is -2.48. The van der Waals surface area contributed by atoms with E-state index in [0.717, 1.165) is 30.6 Å². The molecule has 0 spiro atoms. The Kier molecular flexibility index (Phi) is 6.38. The standard InChI is InChI=1S/C25H31N3O4S/c29-22(28-31)11-21-15-33-23(26-21)27-24(30)32-7-1-2-16-3-5-20(6-4-16)25-12-17-8-18(13-25)10-19(9-17)14-25/h3-6,15,17-19,31H,1-2,7-14H2,(H,28,29)(H,26,27,30). The van der Waals surface area contributed by atoms with E-state index in [1.165, 1.54) is 55.4 Å². The molecule has 4 aliphatic carbocycles. The van der Waals surface area contributed by atoms with Crippen LogP contribution in [0.4, 0.5) is 9.93 Å². The summed E-state index contributed by atoms with van der Waals surface area (Å²) in [5.41, 5.74) is 5.28. The summed E-state index contributed by atoms with van der Waals surface area (Å²) in [7, 11) is 0. The van der Waals surface area contributed by atoms with Crippen molar-refractivity contribution in [1.82, 2.24) is 10.5 Å². The Labute approximate surface area is 197 Å². The van der Waals surface area contributed by atoms with Gasteiger partial charge < -0.3 is 4.74 Å². The summed E-state index contributed by atoms with van der Waals surface area (Å²) in [5, 5.41) is 13.1. The van der Waals surface area contributed by atoms with Crippen molar-refractivity contribution in [3.8, 4) is 0 Å². The number of aromatic nitrogens is 1. The van der Waals surface area contributed by atoms with Crippen LogP contribution in [-0.4, -0.2) is 28.8 Å². The minimum absolute atomic E-state index is 0.0502. The Balaban J connectivity index is 1.06. The molecule has 0 aliphatic heterocycles. The molecule has 0 unspecified atom stereocenters. The highest BCUT2D eigenvalue weighted by atomic mass is 32.1. The van der Waals surface area contributed by atoms with Gasteiger partial charge in [0.25, 0.3) is 0 Å². The van der Waals surface area contributed by atoms with Gasteiger partial charge in [-0.1, -0.05) is 24.3 Å². The molecule has 7 nitrogen and oxygen atoms in total. The first-order valence-corrected chi connectivity index (χ1v) is 12.8. The van der Waals surface area contributed by atoms with Gasteiger partial charge in [-0.25, -0.2) is 15.3 Å². The molecule has 1 aromatic carbocycles. The Bertz CT molecular complexity index is 968. The van der Waals surface area contributed by atoms with Gasteiger partial charge in [-0.2, -0.15) is 0 Å². The number of carbonyl (C=O) groups excluding carboxylic acids is 2. The third-order valence-corrected chi connectivity index (χ3v) is 8.48. The fourth-order valence-electron chi connectivity index (χ4n) is 6.70. The highest BCUT2D eigenvalue weighted by Crippen LogP contribution is 2.60. The smallest absolute Gasteiger partial charge is 0.413 e. The largest absolute Gasteiger partial charge is 0.449 e. The fourth-order valence-corrected chi connectivity index (χ4v) is 7.40. The predicted octanol–water partition coefficient (Wildman–Crippen LogP) is 4.84. The average molecular weight is 470 g/mol. The third kappa shape index (κ3) is 5.06. The minimum Gasteiger partial charge on any atom is -0.449 e. The van der Waals surface area contributed by atoms with Crippen molar-refractivity contribution in [2.24, 2.45) is 17.8 Å². The zero-order valence-electron chi connectivity index (χ0n) is 18.7. The third-order valence-electron chi connectivity index (χ3n) is 7.67. The molecule has 0 saturated heterocycles. The van der Waals surface area contributed by atoms with Gasteiger partial charge in [0.05, 0.1) is 18.7 Å². The van der Waals surface area contributed by atoms with E-state index in [0.29, 0.717) is 22.8 Å². The maximum atomic E-state index is 12.0. The number of hydrogen-bond donors (Lipinski definition) is 3. The normalized spacial score (nSPS) is 27.4. The lowest BCUT2D eigenvalue weighted by atomic mass is 9.48. The molecule has 4 bridgehead atoms. The van der Waals surface area contributed by atoms with Crippen molar-refractivity contribution in [2.45, 2.75) is 63.2 Å². The van der Waals surface area contributed by atoms with Crippen LogP contribution < -0.4 is 10.8 Å². The molecule has 3 N–H and O–H groups in total. The van der Waals surface area contributed by atoms with Gasteiger partial charge in [-0.3, -0.25) is 15.3 Å². The minimum atomic E-state index is -0.556. The van der Waals surface area contributed by atoms with Crippen LogP contribution in [0.15, 0.2) is 29.6 Å². The number of nitrogens with zero attached hydrogens (tertiary/aromatic N) is 1. The number of aryl methyl sites for hydroxylation is 1. The summed E-state index contributed by atoms with van der Waals surface area (Å²) in [5.74, 6) is 2.31. The van der Waals surface area contributed by atoms with E-state index >= 15 is 0 Å². The summed E-state index contributed by atoms with van der Waals surface area (Å²) in [4.78, 5) is 27.3. The number of carbonyl (C=O) groups is 2. The second-order valence-corrected chi connectivity index (χ2v) is 11.0. The zero-order chi connectivity index (χ0) is 22.8. The molecular weight excluding hydrogens is 438 g/mol. The average Bonchev–Trinajstić information content (AvgIpc) is 3.22. The number of ether oxygens (including phenoxy) is 1. The van der Waals surface area contributed by atoms with Gasteiger partial charge in [-0.05, 0) is 85.7 Å². The fraction of sp³-hybridized carbons (Fsp3) is 0.560. The van der Waals surface area contributed by atoms with E-state index in [4.69, 9.17) is 9.94 Å². The van der Waals surface area contributed by atoms with Gasteiger partial charge in [-0.15, -0.1) is 11.3 Å². The van der Waals surface area contributed by atoms with Crippen molar-refractivity contribution in [3.63, 3.8) is 0 Å². The number of amides is 2. The number of hydrogen-bond acceptors (Lipinski definition) is 6. The Morgan fingerprint density at radius 2 is 1.76 bits per heavy atom. The summed E-state index contributed by atoms with van der Waals surface area (Å²) in [6, 6.07) is 9.22. The second kappa shape index (κ2) is 9.43. The first-order chi connectivity index (χ1) is 16.0. The quantitative estimate of drug-likeness (QED) is 0.292. The summed E-state index contributed by atoms with van der Waals surface area (Å²) < 4.78 is 5.26. The lowest BCUT2D eigenvalue weighted by Gasteiger charge is -2.57. The number of anilines is 1. The molecule has 1 heterocycles. The summed E-state index contributed by atoms with van der Waals surface area (Å²) >= 11 is 1.20. The summed E-state index contributed by atoms with van der Waals surface area (Å²) in [6.45, 7) is 0.327. The lowest BCUT2D eigenvalue weighted by molar-refractivity contribution is -0.128. The van der Waals surface area contributed by atoms with Gasteiger partial charge >= 0.3 is 6.09 Å². The molecule has 2 aromatic rings. The molecule has 176 valence electrons. The van der Waals surface area contributed by atoms with Crippen LogP contribution in [0.5, 0.6) is 0 Å². The van der Waals surface area contributed by atoms with Crippen LogP contribution in [0.3, 0.4) is 0 Å². The van der Waals surface area contributed by atoms with Crippen LogP contribution in [-0.2, 0) is 27.8 Å². The molecule has 4 saturated carbocycles. The topological polar surface area (TPSA) is 101 Å². The molecule has 6 rings (SSSR count). The van der Waals surface area contributed by atoms with Gasteiger partial charge in [0.15, 0.2) is 5.13 Å². The van der Waals surface area contributed by atoms with Crippen LogP contribution in [0.2, 0.25) is 0 Å². The van der Waals surface area contributed by atoms with E-state index < -0.39 is 12.0 Å². The maximum Gasteiger partial charge on any atom is 0.413 e. The first kappa shape index (κ1) is 22.3. The van der Waals surface area contributed by atoms with Crippen LogP contribution in [0.1, 0.15) is 61.8 Å². The van der Waals surface area contributed by atoms with Crippen molar-refractivity contribution < 1.29 is 19.5 Å². The Hall–Kier alpha value is -2.45. The Morgan fingerprint density at radius 3 is 2.39 bits per heavy atom. The molecule has 1 aromatic heterocycles. The maximum absolute atomic E-state index is 12.0. The number of hydroxylamine groups is 1. The molecule has 2 amide bonds. The number of thiazole rings is 1. The first-order valence-electron chi connectivity index (χ1n) is 11.9. The highest BCUT2D eigenvalue weighted by molar-refractivity contribution is 7.13. The molecule has 33 heavy (non-hydrogen) atoms. The summed E-state index contributed by atoms with van der Waals surface area (Å²) in [6.07, 6.45) is 9.57.